The highest BCUT2D eigenvalue weighted by atomic mass is 16.5. The molecule has 9 heteroatoms. The van der Waals surface area contributed by atoms with Crippen LogP contribution in [0.5, 0.6) is 5.75 Å². The summed E-state index contributed by atoms with van der Waals surface area (Å²) >= 11 is 0. The first kappa shape index (κ1) is 25.3. The van der Waals surface area contributed by atoms with Crippen LogP contribution in [0.2, 0.25) is 6.32 Å². The van der Waals surface area contributed by atoms with Crippen LogP contribution < -0.4 is 32.8 Å². The summed E-state index contributed by atoms with van der Waals surface area (Å²) in [5.41, 5.74) is 12.9. The lowest BCUT2D eigenvalue weighted by Crippen LogP contribution is -2.41. The van der Waals surface area contributed by atoms with Gasteiger partial charge in [0.05, 0.1) is 16.6 Å². The van der Waals surface area contributed by atoms with Crippen LogP contribution in [0.1, 0.15) is 38.8 Å². The Morgan fingerprint density at radius 1 is 0.778 bits per heavy atom. The lowest BCUT2D eigenvalue weighted by molar-refractivity contribution is 0.0375. The molecule has 1 aromatic heterocycles. The molecule has 1 saturated heterocycles. The number of benzene rings is 3. The zero-order valence-electron chi connectivity index (χ0n) is 23.9. The van der Waals surface area contributed by atoms with Crippen molar-refractivity contribution in [2.24, 2.45) is 5.41 Å². The van der Waals surface area contributed by atoms with Crippen molar-refractivity contribution in [2.45, 2.75) is 53.5 Å². The number of phenolic OH excluding ortho intramolecular Hbond substituents is 1. The molecule has 0 aliphatic carbocycles. The molecule has 1 aliphatic rings. The second kappa shape index (κ2) is 8.05. The van der Waals surface area contributed by atoms with Crippen LogP contribution in [0.15, 0.2) is 24.3 Å². The van der Waals surface area contributed by atoms with Gasteiger partial charge in [-0.1, -0.05) is 47.9 Å². The van der Waals surface area contributed by atoms with Crippen molar-refractivity contribution in [3.05, 3.63) is 35.4 Å². The highest BCUT2D eigenvalue weighted by Crippen LogP contribution is 2.45. The van der Waals surface area contributed by atoms with Crippen LogP contribution in [-0.4, -0.2) is 61.4 Å². The number of aromatic nitrogens is 1. The molecule has 1 N–H and O–H groups in total. The molecule has 0 amide bonds. The predicted octanol–water partition coefficient (Wildman–Crippen LogP) is -2.57. The first-order valence-electron chi connectivity index (χ1n) is 13.2. The molecule has 3 nitrogen and oxygen atoms in total. The van der Waals surface area contributed by atoms with Gasteiger partial charge >= 0.3 is 6.92 Å². The largest absolute Gasteiger partial charge is 0.506 e. The molecule has 4 aromatic rings. The molecule has 0 radical (unpaired) electrons. The van der Waals surface area contributed by atoms with E-state index in [-0.39, 0.29) is 17.9 Å². The third-order valence-electron chi connectivity index (χ3n) is 9.95. The summed E-state index contributed by atoms with van der Waals surface area (Å²) in [4.78, 5) is 0. The average molecular weight is 470 g/mol. The Morgan fingerprint density at radius 2 is 1.36 bits per heavy atom. The Morgan fingerprint density at radius 3 is 1.92 bits per heavy atom. The van der Waals surface area contributed by atoms with Gasteiger partial charge in [0, 0.05) is 16.5 Å². The summed E-state index contributed by atoms with van der Waals surface area (Å²) in [5.74, 6) is 0.380. The van der Waals surface area contributed by atoms with E-state index in [4.69, 9.17) is 4.65 Å². The average Bonchev–Trinajstić information content (AvgIpc) is 3.29. The Bertz CT molecular complexity index is 1480. The molecule has 0 atom stereocenters. The van der Waals surface area contributed by atoms with Crippen molar-refractivity contribution >= 4 is 101 Å². The van der Waals surface area contributed by atoms with Gasteiger partial charge in [0.15, 0.2) is 0 Å². The van der Waals surface area contributed by atoms with E-state index in [0.29, 0.717) is 5.75 Å². The molecule has 5 rings (SSSR count). The highest BCUT2D eigenvalue weighted by Gasteiger charge is 2.49. The summed E-state index contributed by atoms with van der Waals surface area (Å²) in [6.45, 7) is 13.4. The SMILES string of the molecule is Bc1c(B)c(C)c2c(c1B)c1c(B)c(C)c(B)c(O)c1n2-c1ccc(B2CC(C)(C)C(C)(C)O2)cc1. The molecule has 36 heavy (non-hydrogen) atoms. The van der Waals surface area contributed by atoms with Crippen LogP contribution in [0, 0.1) is 19.3 Å². The molecule has 2 heterocycles. The van der Waals surface area contributed by atoms with Gasteiger partial charge in [0.1, 0.15) is 45.0 Å². The second-order valence-electron chi connectivity index (χ2n) is 12.3. The number of aromatic hydroxyl groups is 1. The molecular formula is C27H35B6NO2. The number of nitrogens with zero attached hydrogens (tertiary/aromatic N) is 1. The van der Waals surface area contributed by atoms with Crippen molar-refractivity contribution in [1.82, 2.24) is 4.57 Å². The fraction of sp³-hybridized carbons (Fsp3) is 0.333. The van der Waals surface area contributed by atoms with Crippen molar-refractivity contribution in [2.75, 3.05) is 0 Å². The Balaban J connectivity index is 1.81. The van der Waals surface area contributed by atoms with E-state index < -0.39 is 0 Å². The zero-order valence-corrected chi connectivity index (χ0v) is 23.9. The lowest BCUT2D eigenvalue weighted by atomic mass is 9.54. The van der Waals surface area contributed by atoms with E-state index >= 15 is 0 Å². The summed E-state index contributed by atoms with van der Waals surface area (Å²) < 4.78 is 8.79. The molecule has 0 spiro atoms. The molecule has 178 valence electrons. The molecule has 1 aliphatic heterocycles. The third-order valence-corrected chi connectivity index (χ3v) is 9.95. The van der Waals surface area contributed by atoms with Gasteiger partial charge in [-0.15, -0.1) is 5.46 Å². The number of hydrogen-bond donors (Lipinski definition) is 1. The summed E-state index contributed by atoms with van der Waals surface area (Å²) in [5, 5.41) is 14.0. The molecule has 1 fully saturated rings. The maximum atomic E-state index is 11.5. The van der Waals surface area contributed by atoms with Gasteiger partial charge in [0.2, 0.25) is 0 Å². The number of fused-ring (bicyclic) bond motifs is 3. The summed E-state index contributed by atoms with van der Waals surface area (Å²) in [6.07, 6.45) is 1.00. The van der Waals surface area contributed by atoms with E-state index in [9.17, 15) is 5.11 Å². The Kier molecular flexibility index (Phi) is 5.65. The van der Waals surface area contributed by atoms with E-state index in [1.165, 1.54) is 49.2 Å². The Hall–Kier alpha value is -2.39. The maximum Gasteiger partial charge on any atom is 0.327 e. The number of phenols is 1. The van der Waals surface area contributed by atoms with Gasteiger partial charge in [0.25, 0.3) is 0 Å². The molecular weight excluding hydrogens is 435 g/mol. The van der Waals surface area contributed by atoms with Crippen molar-refractivity contribution in [3.63, 3.8) is 0 Å². The minimum atomic E-state index is -0.161. The van der Waals surface area contributed by atoms with Crippen LogP contribution in [0.25, 0.3) is 27.5 Å². The van der Waals surface area contributed by atoms with Gasteiger partial charge < -0.3 is 14.3 Å². The molecule has 3 aromatic carbocycles. The fourth-order valence-electron chi connectivity index (χ4n) is 6.18. The van der Waals surface area contributed by atoms with Crippen LogP contribution in [0.4, 0.5) is 0 Å². The van der Waals surface area contributed by atoms with Crippen molar-refractivity contribution in [3.8, 4) is 11.4 Å². The smallest absolute Gasteiger partial charge is 0.327 e. The van der Waals surface area contributed by atoms with E-state index in [0.717, 1.165) is 28.6 Å². The standard InChI is InChI=1S/C27H35B6NO2/c1-12-18(28)16-17-21(31)22(32)19(29)13(2)23(17)34(24(16)25(35)20(12)30)15-9-7-14(8-10-15)33-11-26(3,4)27(5,6)36-33/h7-10,35H,11,28-32H2,1-6H3. The zero-order chi connectivity index (χ0) is 26.5. The monoisotopic (exact) mass is 471 g/mol. The van der Waals surface area contributed by atoms with E-state index in [1.807, 2.05) is 7.85 Å². The molecule has 0 unspecified atom stereocenters. The summed E-state index contributed by atoms with van der Waals surface area (Å²) in [6, 6.07) is 8.82. The minimum absolute atomic E-state index is 0.0941. The maximum absolute atomic E-state index is 11.5. The molecule has 0 saturated carbocycles. The van der Waals surface area contributed by atoms with Gasteiger partial charge in [-0.05, 0) is 68.1 Å². The van der Waals surface area contributed by atoms with Gasteiger partial charge in [-0.25, -0.2) is 0 Å². The normalized spacial score (nSPS) is 16.9. The third kappa shape index (κ3) is 3.31. The van der Waals surface area contributed by atoms with Gasteiger partial charge in [-0.2, -0.15) is 0 Å². The topological polar surface area (TPSA) is 34.4 Å². The first-order chi connectivity index (χ1) is 16.7. The van der Waals surface area contributed by atoms with Crippen LogP contribution in [-0.2, 0) is 4.65 Å². The summed E-state index contributed by atoms with van der Waals surface area (Å²) in [7, 11) is 10.9. The first-order valence-corrected chi connectivity index (χ1v) is 13.2. The number of rotatable bonds is 2. The quantitative estimate of drug-likeness (QED) is 0.327. The fourth-order valence-corrected chi connectivity index (χ4v) is 6.18. The number of aryl methyl sites for hydroxylation is 1. The van der Waals surface area contributed by atoms with Crippen LogP contribution in [0.3, 0.4) is 0 Å². The number of hydrogen-bond acceptors (Lipinski definition) is 2. The predicted molar refractivity (Wildman–Crippen MR) is 172 cm³/mol. The van der Waals surface area contributed by atoms with E-state index in [1.54, 1.807) is 0 Å². The van der Waals surface area contributed by atoms with Crippen molar-refractivity contribution in [1.29, 1.82) is 0 Å². The van der Waals surface area contributed by atoms with E-state index in [2.05, 4.69) is 102 Å². The molecule has 0 bridgehead atoms. The van der Waals surface area contributed by atoms with Crippen molar-refractivity contribution < 1.29 is 9.76 Å². The van der Waals surface area contributed by atoms with Gasteiger partial charge in [-0.3, -0.25) is 0 Å². The lowest BCUT2D eigenvalue weighted by Gasteiger charge is -2.34. The van der Waals surface area contributed by atoms with Crippen LogP contribution >= 0.6 is 0 Å². The second-order valence-corrected chi connectivity index (χ2v) is 12.3. The highest BCUT2D eigenvalue weighted by molar-refractivity contribution is 6.68. The Labute approximate surface area is 220 Å². The minimum Gasteiger partial charge on any atom is -0.506 e.